The van der Waals surface area contributed by atoms with Crippen LogP contribution in [0.25, 0.3) is 0 Å². The highest BCUT2D eigenvalue weighted by atomic mass is 16.5. The van der Waals surface area contributed by atoms with E-state index in [0.29, 0.717) is 12.4 Å². The van der Waals surface area contributed by atoms with Crippen molar-refractivity contribution in [3.63, 3.8) is 0 Å². The van der Waals surface area contributed by atoms with Gasteiger partial charge in [0.05, 0.1) is 18.4 Å². The molecule has 0 aromatic rings. The Morgan fingerprint density at radius 1 is 1.73 bits per heavy atom. The van der Waals surface area contributed by atoms with Crippen LogP contribution in [0.15, 0.2) is 29.2 Å². The maximum Gasteiger partial charge on any atom is 0.137 e. The van der Waals surface area contributed by atoms with Crippen LogP contribution in [0.1, 0.15) is 0 Å². The molecule has 1 heterocycles. The number of rotatable bonds is 1. The second-order valence-corrected chi connectivity index (χ2v) is 2.39. The Bertz CT molecular complexity index is 208. The van der Waals surface area contributed by atoms with Crippen LogP contribution in [0.4, 0.5) is 0 Å². The van der Waals surface area contributed by atoms with Gasteiger partial charge in [-0.3, -0.25) is 4.99 Å². The van der Waals surface area contributed by atoms with Crippen LogP contribution in [0, 0.1) is 0 Å². The summed E-state index contributed by atoms with van der Waals surface area (Å²) >= 11 is 0. The van der Waals surface area contributed by atoms with Crippen molar-refractivity contribution in [3.05, 3.63) is 24.2 Å². The molecule has 0 aliphatic carbocycles. The highest BCUT2D eigenvalue weighted by Crippen LogP contribution is 2.17. The molecule has 0 spiro atoms. The standard InChI is InChI=1S/C8H12N2O/c1-7-8(6-9-2)10(3)4-5-11-7/h6H,1-2,4-5H2,3H3/b8-6+. The number of aliphatic imine (C=N–C) groups is 1. The Labute approximate surface area is 66.7 Å². The second kappa shape index (κ2) is 3.23. The molecule has 1 aliphatic rings. The molecule has 0 atom stereocenters. The molecule has 0 amide bonds. The Hall–Kier alpha value is -1.25. The summed E-state index contributed by atoms with van der Waals surface area (Å²) in [5, 5.41) is 0. The van der Waals surface area contributed by atoms with Gasteiger partial charge in [0.1, 0.15) is 12.4 Å². The average Bonchev–Trinajstić information content (AvgIpc) is 1.97. The fourth-order valence-electron chi connectivity index (χ4n) is 0.970. The molecular formula is C8H12N2O. The Morgan fingerprint density at radius 3 is 3.00 bits per heavy atom. The summed E-state index contributed by atoms with van der Waals surface area (Å²) in [6.07, 6.45) is 1.65. The molecule has 11 heavy (non-hydrogen) atoms. The number of morpholine rings is 1. The van der Waals surface area contributed by atoms with Gasteiger partial charge in [-0.15, -0.1) is 0 Å². The maximum absolute atomic E-state index is 5.22. The third-order valence-corrected chi connectivity index (χ3v) is 1.61. The Kier molecular flexibility index (Phi) is 2.31. The largest absolute Gasteiger partial charge is 0.490 e. The van der Waals surface area contributed by atoms with Gasteiger partial charge in [0, 0.05) is 7.05 Å². The molecule has 0 aromatic heterocycles. The summed E-state index contributed by atoms with van der Waals surface area (Å²) in [4.78, 5) is 5.71. The summed E-state index contributed by atoms with van der Waals surface area (Å²) in [7, 11) is 1.98. The molecule has 0 radical (unpaired) electrons. The van der Waals surface area contributed by atoms with E-state index in [1.807, 2.05) is 11.9 Å². The molecule has 0 unspecified atom stereocenters. The first-order chi connectivity index (χ1) is 5.25. The van der Waals surface area contributed by atoms with Gasteiger partial charge in [0.15, 0.2) is 0 Å². The van der Waals surface area contributed by atoms with Crippen molar-refractivity contribution in [2.75, 3.05) is 20.2 Å². The SMILES string of the molecule is C=N/C=C1\C(=C)OCCN1C. The number of ether oxygens (including phenoxy) is 1. The zero-order chi connectivity index (χ0) is 8.27. The lowest BCUT2D eigenvalue weighted by atomic mass is 10.3. The summed E-state index contributed by atoms with van der Waals surface area (Å²) in [6.45, 7) is 8.69. The van der Waals surface area contributed by atoms with Crippen molar-refractivity contribution < 1.29 is 4.74 Å². The molecule has 1 saturated heterocycles. The Morgan fingerprint density at radius 2 is 2.45 bits per heavy atom. The molecule has 0 saturated carbocycles. The van der Waals surface area contributed by atoms with Crippen LogP contribution in [-0.4, -0.2) is 31.8 Å². The molecule has 1 rings (SSSR count). The summed E-state index contributed by atoms with van der Waals surface area (Å²) in [5.41, 5.74) is 0.909. The number of hydrogen-bond acceptors (Lipinski definition) is 3. The highest BCUT2D eigenvalue weighted by molar-refractivity contribution is 5.30. The van der Waals surface area contributed by atoms with Crippen molar-refractivity contribution in [1.82, 2.24) is 4.90 Å². The summed E-state index contributed by atoms with van der Waals surface area (Å²) in [6, 6.07) is 0. The third-order valence-electron chi connectivity index (χ3n) is 1.61. The van der Waals surface area contributed by atoms with Crippen molar-refractivity contribution in [3.8, 4) is 0 Å². The minimum Gasteiger partial charge on any atom is -0.490 e. The number of likely N-dealkylation sites (N-methyl/N-ethyl adjacent to an activating group) is 1. The van der Waals surface area contributed by atoms with E-state index in [1.54, 1.807) is 6.20 Å². The van der Waals surface area contributed by atoms with E-state index in [2.05, 4.69) is 18.3 Å². The highest BCUT2D eigenvalue weighted by Gasteiger charge is 2.14. The monoisotopic (exact) mass is 152 g/mol. The van der Waals surface area contributed by atoms with Gasteiger partial charge in [0.2, 0.25) is 0 Å². The topological polar surface area (TPSA) is 24.8 Å². The van der Waals surface area contributed by atoms with Crippen molar-refractivity contribution in [2.24, 2.45) is 4.99 Å². The van der Waals surface area contributed by atoms with Crippen LogP contribution >= 0.6 is 0 Å². The van der Waals surface area contributed by atoms with E-state index in [4.69, 9.17) is 4.74 Å². The lowest BCUT2D eigenvalue weighted by Gasteiger charge is -2.28. The van der Waals surface area contributed by atoms with Crippen molar-refractivity contribution in [1.29, 1.82) is 0 Å². The van der Waals surface area contributed by atoms with E-state index in [1.165, 1.54) is 0 Å². The molecule has 0 aromatic carbocycles. The third kappa shape index (κ3) is 1.61. The number of hydrogen-bond donors (Lipinski definition) is 0. The minimum absolute atomic E-state index is 0.672. The first kappa shape index (κ1) is 7.85. The van der Waals surface area contributed by atoms with Crippen molar-refractivity contribution in [2.45, 2.75) is 0 Å². The lowest BCUT2D eigenvalue weighted by Crippen LogP contribution is -2.29. The van der Waals surface area contributed by atoms with E-state index < -0.39 is 0 Å². The first-order valence-electron chi connectivity index (χ1n) is 3.45. The van der Waals surface area contributed by atoms with Crippen LogP contribution in [0.2, 0.25) is 0 Å². The molecule has 1 aliphatic heterocycles. The smallest absolute Gasteiger partial charge is 0.137 e. The van der Waals surface area contributed by atoms with Gasteiger partial charge < -0.3 is 9.64 Å². The zero-order valence-electron chi connectivity index (χ0n) is 6.71. The van der Waals surface area contributed by atoms with Crippen LogP contribution in [0.5, 0.6) is 0 Å². The van der Waals surface area contributed by atoms with Crippen molar-refractivity contribution >= 4 is 6.72 Å². The minimum atomic E-state index is 0.672. The van der Waals surface area contributed by atoms with Gasteiger partial charge >= 0.3 is 0 Å². The number of nitrogens with zero attached hydrogens (tertiary/aromatic N) is 2. The quantitative estimate of drug-likeness (QED) is 0.524. The maximum atomic E-state index is 5.22. The van der Waals surface area contributed by atoms with Gasteiger partial charge in [-0.1, -0.05) is 6.58 Å². The van der Waals surface area contributed by atoms with Gasteiger partial charge in [0.25, 0.3) is 0 Å². The molecule has 3 nitrogen and oxygen atoms in total. The Balaban J connectivity index is 2.78. The predicted molar refractivity (Wildman–Crippen MR) is 45.4 cm³/mol. The predicted octanol–water partition coefficient (Wildman–Crippen LogP) is 1.00. The first-order valence-corrected chi connectivity index (χ1v) is 3.45. The van der Waals surface area contributed by atoms with Crippen LogP contribution in [-0.2, 0) is 4.74 Å². The fourth-order valence-corrected chi connectivity index (χ4v) is 0.970. The van der Waals surface area contributed by atoms with E-state index >= 15 is 0 Å². The summed E-state index contributed by atoms with van der Waals surface area (Å²) in [5.74, 6) is 0.672. The van der Waals surface area contributed by atoms with E-state index in [-0.39, 0.29) is 0 Å². The summed E-state index contributed by atoms with van der Waals surface area (Å²) < 4.78 is 5.22. The van der Waals surface area contributed by atoms with Crippen LogP contribution < -0.4 is 0 Å². The average molecular weight is 152 g/mol. The molecule has 0 N–H and O–H groups in total. The molecular weight excluding hydrogens is 140 g/mol. The normalized spacial score (nSPS) is 21.7. The fraction of sp³-hybridized carbons (Fsp3) is 0.375. The van der Waals surface area contributed by atoms with Gasteiger partial charge in [-0.2, -0.15) is 0 Å². The zero-order valence-corrected chi connectivity index (χ0v) is 6.71. The molecule has 1 fully saturated rings. The van der Waals surface area contributed by atoms with Gasteiger partial charge in [-0.25, -0.2) is 0 Å². The lowest BCUT2D eigenvalue weighted by molar-refractivity contribution is 0.143. The second-order valence-electron chi connectivity index (χ2n) is 2.39. The molecule has 0 bridgehead atoms. The van der Waals surface area contributed by atoms with Crippen LogP contribution in [0.3, 0.4) is 0 Å². The van der Waals surface area contributed by atoms with Gasteiger partial charge in [-0.05, 0) is 6.72 Å². The van der Waals surface area contributed by atoms with E-state index in [0.717, 1.165) is 12.2 Å². The van der Waals surface area contributed by atoms with E-state index in [9.17, 15) is 0 Å². The molecule has 3 heteroatoms. The molecule has 60 valence electrons.